The van der Waals surface area contributed by atoms with Crippen molar-refractivity contribution in [1.29, 1.82) is 0 Å². The fourth-order valence-corrected chi connectivity index (χ4v) is 3.47. The number of aliphatic imine (C=N–C) groups is 1. The van der Waals surface area contributed by atoms with Crippen molar-refractivity contribution in [2.45, 2.75) is 32.4 Å². The van der Waals surface area contributed by atoms with Crippen LogP contribution in [0.25, 0.3) is 0 Å². The van der Waals surface area contributed by atoms with Crippen LogP contribution in [0.2, 0.25) is 0 Å². The van der Waals surface area contributed by atoms with Gasteiger partial charge in [0.2, 0.25) is 5.91 Å². The number of rotatable bonds is 7. The van der Waals surface area contributed by atoms with E-state index in [1.54, 1.807) is 11.9 Å². The van der Waals surface area contributed by atoms with Gasteiger partial charge in [0.1, 0.15) is 0 Å². The normalized spacial score (nSPS) is 15.2. The Morgan fingerprint density at radius 3 is 2.55 bits per heavy atom. The SMILES string of the molecule is CN=C(NCc1ccc(C(=O)N2CCNC(=O)C2)cc1)NC(C)CCc1ccccc1. The zero-order valence-corrected chi connectivity index (χ0v) is 18.2. The summed E-state index contributed by atoms with van der Waals surface area (Å²) in [5.41, 5.74) is 2.97. The van der Waals surface area contributed by atoms with Crippen LogP contribution in [0.4, 0.5) is 0 Å². The molecule has 2 aromatic carbocycles. The zero-order chi connectivity index (χ0) is 22.1. The molecule has 1 aliphatic rings. The van der Waals surface area contributed by atoms with E-state index < -0.39 is 0 Å². The van der Waals surface area contributed by atoms with Gasteiger partial charge in [0.15, 0.2) is 5.96 Å². The number of hydrogen-bond donors (Lipinski definition) is 3. The minimum absolute atomic E-state index is 0.112. The van der Waals surface area contributed by atoms with E-state index in [4.69, 9.17) is 0 Å². The van der Waals surface area contributed by atoms with Gasteiger partial charge in [0.25, 0.3) is 5.91 Å². The summed E-state index contributed by atoms with van der Waals surface area (Å²) in [6.07, 6.45) is 2.02. The quantitative estimate of drug-likeness (QED) is 0.471. The van der Waals surface area contributed by atoms with E-state index in [1.807, 2.05) is 30.3 Å². The number of piperazine rings is 1. The summed E-state index contributed by atoms with van der Waals surface area (Å²) in [6.45, 7) is 3.91. The molecule has 0 aliphatic carbocycles. The van der Waals surface area contributed by atoms with Crippen molar-refractivity contribution in [2.24, 2.45) is 4.99 Å². The van der Waals surface area contributed by atoms with Crippen molar-refractivity contribution in [3.8, 4) is 0 Å². The van der Waals surface area contributed by atoms with Gasteiger partial charge in [-0.1, -0.05) is 42.5 Å². The molecule has 7 heteroatoms. The van der Waals surface area contributed by atoms with Crippen LogP contribution in [0.15, 0.2) is 59.6 Å². The van der Waals surface area contributed by atoms with E-state index in [0.717, 1.165) is 24.4 Å². The molecule has 0 saturated carbocycles. The Kier molecular flexibility index (Phi) is 8.04. The third-order valence-corrected chi connectivity index (χ3v) is 5.30. The summed E-state index contributed by atoms with van der Waals surface area (Å²) in [5, 5.41) is 9.48. The molecule has 2 aromatic rings. The Morgan fingerprint density at radius 1 is 1.13 bits per heavy atom. The smallest absolute Gasteiger partial charge is 0.254 e. The molecule has 2 amide bonds. The van der Waals surface area contributed by atoms with Crippen LogP contribution in [0, 0.1) is 0 Å². The molecule has 31 heavy (non-hydrogen) atoms. The second-order valence-corrected chi connectivity index (χ2v) is 7.77. The molecule has 1 unspecified atom stereocenters. The number of nitrogens with one attached hydrogen (secondary N) is 3. The van der Waals surface area contributed by atoms with Gasteiger partial charge in [-0.25, -0.2) is 0 Å². The lowest BCUT2D eigenvalue weighted by Crippen LogP contribution is -2.49. The molecule has 1 aliphatic heterocycles. The minimum Gasteiger partial charge on any atom is -0.354 e. The largest absolute Gasteiger partial charge is 0.354 e. The summed E-state index contributed by atoms with van der Waals surface area (Å²) in [4.78, 5) is 29.9. The molecule has 164 valence electrons. The molecule has 0 radical (unpaired) electrons. The third-order valence-electron chi connectivity index (χ3n) is 5.30. The molecule has 1 atom stereocenters. The maximum Gasteiger partial charge on any atom is 0.254 e. The molecule has 1 saturated heterocycles. The van der Waals surface area contributed by atoms with Crippen molar-refractivity contribution in [3.05, 3.63) is 71.3 Å². The van der Waals surface area contributed by atoms with Gasteiger partial charge in [-0.2, -0.15) is 0 Å². The molecular weight excluding hydrogens is 390 g/mol. The lowest BCUT2D eigenvalue weighted by Gasteiger charge is -2.26. The number of amides is 2. The predicted molar refractivity (Wildman–Crippen MR) is 123 cm³/mol. The molecule has 0 spiro atoms. The van der Waals surface area contributed by atoms with Crippen molar-refractivity contribution >= 4 is 17.8 Å². The van der Waals surface area contributed by atoms with Crippen LogP contribution in [-0.2, 0) is 17.8 Å². The standard InChI is InChI=1S/C24H31N5O2/c1-18(8-9-19-6-4-3-5-7-19)28-24(25-2)27-16-20-10-12-21(13-11-20)23(31)29-15-14-26-22(30)17-29/h3-7,10-13,18H,8-9,14-17H2,1-2H3,(H,26,30)(H2,25,27,28). The Bertz CT molecular complexity index is 896. The second kappa shape index (κ2) is 11.2. The fourth-order valence-electron chi connectivity index (χ4n) is 3.47. The highest BCUT2D eigenvalue weighted by Gasteiger charge is 2.22. The number of carbonyl (C=O) groups excluding carboxylic acids is 2. The molecule has 0 aromatic heterocycles. The van der Waals surface area contributed by atoms with Crippen LogP contribution >= 0.6 is 0 Å². The number of aryl methyl sites for hydroxylation is 1. The predicted octanol–water partition coefficient (Wildman–Crippen LogP) is 1.94. The first-order chi connectivity index (χ1) is 15.0. The Morgan fingerprint density at radius 2 is 1.87 bits per heavy atom. The first-order valence-corrected chi connectivity index (χ1v) is 10.7. The summed E-state index contributed by atoms with van der Waals surface area (Å²) < 4.78 is 0. The van der Waals surface area contributed by atoms with Crippen molar-refractivity contribution < 1.29 is 9.59 Å². The third kappa shape index (κ3) is 6.84. The van der Waals surface area contributed by atoms with Gasteiger partial charge in [-0.05, 0) is 43.0 Å². The molecule has 3 N–H and O–H groups in total. The average molecular weight is 422 g/mol. The van der Waals surface area contributed by atoms with Crippen molar-refractivity contribution in [1.82, 2.24) is 20.9 Å². The number of hydrogen-bond acceptors (Lipinski definition) is 3. The van der Waals surface area contributed by atoms with E-state index in [2.05, 4.69) is 52.1 Å². The topological polar surface area (TPSA) is 85.8 Å². The van der Waals surface area contributed by atoms with Crippen LogP contribution < -0.4 is 16.0 Å². The molecular formula is C24H31N5O2. The Balaban J connectivity index is 1.45. The highest BCUT2D eigenvalue weighted by atomic mass is 16.2. The van der Waals surface area contributed by atoms with Crippen molar-refractivity contribution in [3.63, 3.8) is 0 Å². The van der Waals surface area contributed by atoms with Gasteiger partial charge in [-0.3, -0.25) is 14.6 Å². The molecule has 1 fully saturated rings. The summed E-state index contributed by atoms with van der Waals surface area (Å²) in [5.74, 6) is 0.524. The van der Waals surface area contributed by atoms with Crippen LogP contribution in [0.5, 0.6) is 0 Å². The zero-order valence-electron chi connectivity index (χ0n) is 18.2. The van der Waals surface area contributed by atoms with E-state index in [1.165, 1.54) is 5.56 Å². The van der Waals surface area contributed by atoms with E-state index in [9.17, 15) is 9.59 Å². The number of benzene rings is 2. The van der Waals surface area contributed by atoms with E-state index in [-0.39, 0.29) is 24.4 Å². The van der Waals surface area contributed by atoms with Gasteiger partial charge < -0.3 is 20.9 Å². The van der Waals surface area contributed by atoms with Gasteiger partial charge in [0, 0.05) is 38.3 Å². The van der Waals surface area contributed by atoms with Crippen molar-refractivity contribution in [2.75, 3.05) is 26.7 Å². The monoisotopic (exact) mass is 421 g/mol. The maximum atomic E-state index is 12.6. The van der Waals surface area contributed by atoms with Gasteiger partial charge in [0.05, 0.1) is 6.54 Å². The minimum atomic E-state index is -0.114. The second-order valence-electron chi connectivity index (χ2n) is 7.77. The van der Waals surface area contributed by atoms with Gasteiger partial charge in [-0.15, -0.1) is 0 Å². The summed E-state index contributed by atoms with van der Waals surface area (Å²) in [6, 6.07) is 18.2. The summed E-state index contributed by atoms with van der Waals surface area (Å²) in [7, 11) is 1.76. The first-order valence-electron chi connectivity index (χ1n) is 10.7. The maximum absolute atomic E-state index is 12.6. The average Bonchev–Trinajstić information content (AvgIpc) is 2.81. The number of nitrogens with zero attached hydrogens (tertiary/aromatic N) is 2. The Labute approximate surface area is 183 Å². The fraction of sp³-hybridized carbons (Fsp3) is 0.375. The molecule has 0 bridgehead atoms. The van der Waals surface area contributed by atoms with Crippen LogP contribution in [0.3, 0.4) is 0 Å². The molecule has 7 nitrogen and oxygen atoms in total. The van der Waals surface area contributed by atoms with E-state index in [0.29, 0.717) is 25.2 Å². The van der Waals surface area contributed by atoms with Gasteiger partial charge >= 0.3 is 0 Å². The summed E-state index contributed by atoms with van der Waals surface area (Å²) >= 11 is 0. The number of carbonyl (C=O) groups is 2. The lowest BCUT2D eigenvalue weighted by atomic mass is 10.1. The highest BCUT2D eigenvalue weighted by Crippen LogP contribution is 2.09. The highest BCUT2D eigenvalue weighted by molar-refractivity contribution is 5.97. The number of guanidine groups is 1. The van der Waals surface area contributed by atoms with Crippen LogP contribution in [-0.4, -0.2) is 55.4 Å². The van der Waals surface area contributed by atoms with Crippen LogP contribution in [0.1, 0.15) is 34.8 Å². The first kappa shape index (κ1) is 22.3. The lowest BCUT2D eigenvalue weighted by molar-refractivity contribution is -0.123. The Hall–Kier alpha value is -3.35. The van der Waals surface area contributed by atoms with E-state index >= 15 is 0 Å². The molecule has 1 heterocycles. The molecule has 3 rings (SSSR count).